The average molecular weight is 279 g/mol. The number of benzene rings is 1. The van der Waals surface area contributed by atoms with Gasteiger partial charge in [0.05, 0.1) is 6.54 Å². The molecule has 0 radical (unpaired) electrons. The lowest BCUT2D eigenvalue weighted by atomic mass is 10.1. The third kappa shape index (κ3) is 3.02. The molecule has 2 rings (SSSR count). The molecule has 0 aliphatic carbocycles. The van der Waals surface area contributed by atoms with Crippen molar-refractivity contribution in [3.8, 4) is 11.5 Å². The zero-order valence-corrected chi connectivity index (χ0v) is 10.3. The van der Waals surface area contributed by atoms with E-state index in [0.717, 1.165) is 5.56 Å². The van der Waals surface area contributed by atoms with Crippen molar-refractivity contribution in [1.29, 1.82) is 5.53 Å². The van der Waals surface area contributed by atoms with Crippen molar-refractivity contribution in [3.63, 3.8) is 0 Å². The van der Waals surface area contributed by atoms with Gasteiger partial charge >= 0.3 is 6.43 Å². The van der Waals surface area contributed by atoms with Crippen LogP contribution in [0.4, 0.5) is 8.78 Å². The molecule has 0 saturated carbocycles. The van der Waals surface area contributed by atoms with Crippen LogP contribution in [0.2, 0.25) is 0 Å². The summed E-state index contributed by atoms with van der Waals surface area (Å²) in [7, 11) is 0. The Bertz CT molecular complexity index is 588. The maximum Gasteiger partial charge on any atom is 0.314 e. The number of rotatable bonds is 6. The van der Waals surface area contributed by atoms with Gasteiger partial charge in [-0.3, -0.25) is 5.01 Å². The van der Waals surface area contributed by atoms with Crippen LogP contribution in [0.1, 0.15) is 17.9 Å². The second kappa shape index (κ2) is 6.00. The fourth-order valence-electron chi connectivity index (χ4n) is 1.52. The molecule has 1 aromatic heterocycles. The van der Waals surface area contributed by atoms with Gasteiger partial charge in [-0.1, -0.05) is 23.9 Å². The van der Waals surface area contributed by atoms with E-state index in [1.54, 1.807) is 24.3 Å². The molecular weight excluding hydrogens is 268 g/mol. The second-order valence-electron chi connectivity index (χ2n) is 3.82. The molecule has 0 fully saturated rings. The Morgan fingerprint density at radius 2 is 2.05 bits per heavy atom. The Hall–Kier alpha value is -2.64. The van der Waals surface area contributed by atoms with Gasteiger partial charge in [0.25, 0.3) is 5.89 Å². The van der Waals surface area contributed by atoms with E-state index in [4.69, 9.17) is 9.95 Å². The van der Waals surface area contributed by atoms with E-state index < -0.39 is 12.3 Å². The smallest absolute Gasteiger partial charge is 0.314 e. The quantitative estimate of drug-likeness (QED) is 0.647. The minimum atomic E-state index is -2.78. The first kappa shape index (κ1) is 13.8. The minimum absolute atomic E-state index is 0.0394. The highest BCUT2D eigenvalue weighted by Crippen LogP contribution is 2.23. The van der Waals surface area contributed by atoms with Crippen molar-refractivity contribution in [3.05, 3.63) is 48.5 Å². The van der Waals surface area contributed by atoms with Gasteiger partial charge in [-0.15, -0.1) is 10.2 Å². The summed E-state index contributed by atoms with van der Waals surface area (Å²) in [6.45, 7) is 3.91. The normalized spacial score (nSPS) is 10.6. The van der Waals surface area contributed by atoms with E-state index in [9.17, 15) is 8.78 Å². The molecule has 2 aromatic rings. The first-order chi connectivity index (χ1) is 9.63. The molecule has 1 aromatic carbocycles. The number of halogens is 2. The largest absolute Gasteiger partial charge is 0.415 e. The molecule has 8 heteroatoms. The second-order valence-corrected chi connectivity index (χ2v) is 3.82. The van der Waals surface area contributed by atoms with Crippen molar-refractivity contribution in [2.24, 2.45) is 5.22 Å². The summed E-state index contributed by atoms with van der Waals surface area (Å²) in [5.41, 5.74) is 8.32. The maximum absolute atomic E-state index is 12.3. The fraction of sp³-hybridized carbons (Fsp3) is 0.167. The van der Waals surface area contributed by atoms with Crippen LogP contribution in [0.3, 0.4) is 0 Å². The van der Waals surface area contributed by atoms with Crippen molar-refractivity contribution < 1.29 is 13.2 Å². The number of aromatic nitrogens is 2. The average Bonchev–Trinajstić information content (AvgIpc) is 2.95. The fourth-order valence-corrected chi connectivity index (χ4v) is 1.52. The first-order valence-electron chi connectivity index (χ1n) is 5.61. The molecule has 104 valence electrons. The Morgan fingerprint density at radius 3 is 2.55 bits per heavy atom. The third-order valence-electron chi connectivity index (χ3n) is 2.51. The van der Waals surface area contributed by atoms with Crippen LogP contribution in [0.5, 0.6) is 0 Å². The summed E-state index contributed by atoms with van der Waals surface area (Å²) in [6.07, 6.45) is -1.36. The van der Waals surface area contributed by atoms with E-state index in [0.29, 0.717) is 12.1 Å². The molecule has 0 unspecified atom stereocenters. The topological polar surface area (TPSA) is 78.4 Å². The number of hydrogen-bond acceptors (Lipinski definition) is 5. The molecule has 20 heavy (non-hydrogen) atoms. The predicted octanol–water partition coefficient (Wildman–Crippen LogP) is 3.57. The Balaban J connectivity index is 2.14. The van der Waals surface area contributed by atoms with E-state index >= 15 is 0 Å². The molecular formula is C12H11F2N5O. The molecule has 1 heterocycles. The third-order valence-corrected chi connectivity index (χ3v) is 2.51. The van der Waals surface area contributed by atoms with Gasteiger partial charge in [0.1, 0.15) is 0 Å². The molecule has 0 bridgehead atoms. The summed E-state index contributed by atoms with van der Waals surface area (Å²) >= 11 is 0. The van der Waals surface area contributed by atoms with Crippen molar-refractivity contribution >= 4 is 0 Å². The summed E-state index contributed by atoms with van der Waals surface area (Å²) < 4.78 is 29.5. The molecule has 6 nitrogen and oxygen atoms in total. The van der Waals surface area contributed by atoms with E-state index in [-0.39, 0.29) is 5.89 Å². The van der Waals surface area contributed by atoms with Crippen LogP contribution >= 0.6 is 0 Å². The van der Waals surface area contributed by atoms with Crippen LogP contribution in [0.15, 0.2) is 46.7 Å². The van der Waals surface area contributed by atoms with Gasteiger partial charge in [0.15, 0.2) is 0 Å². The molecule has 0 saturated heterocycles. The highest BCUT2D eigenvalue weighted by molar-refractivity contribution is 5.52. The molecule has 0 spiro atoms. The highest BCUT2D eigenvalue weighted by atomic mass is 19.3. The van der Waals surface area contributed by atoms with Gasteiger partial charge in [-0.2, -0.15) is 14.3 Å². The van der Waals surface area contributed by atoms with Crippen LogP contribution in [0.25, 0.3) is 11.5 Å². The SMILES string of the molecule is C=CN(Cc1ccc(-c2nnc(C(F)F)o2)cc1)N=N. The molecule has 1 N–H and O–H groups in total. The zero-order valence-electron chi connectivity index (χ0n) is 10.3. The lowest BCUT2D eigenvalue weighted by molar-refractivity contribution is 0.116. The van der Waals surface area contributed by atoms with Crippen LogP contribution in [-0.2, 0) is 6.54 Å². The number of hydrogen-bond donors (Lipinski definition) is 1. The maximum atomic E-state index is 12.3. The van der Waals surface area contributed by atoms with Gasteiger partial charge in [-0.05, 0) is 17.7 Å². The number of alkyl halides is 2. The highest BCUT2D eigenvalue weighted by Gasteiger charge is 2.16. The zero-order chi connectivity index (χ0) is 14.5. The number of nitrogens with zero attached hydrogens (tertiary/aromatic N) is 4. The van der Waals surface area contributed by atoms with Gasteiger partial charge < -0.3 is 4.42 Å². The molecule has 0 aliphatic rings. The predicted molar refractivity (Wildman–Crippen MR) is 65.6 cm³/mol. The number of nitrogens with one attached hydrogen (secondary N) is 1. The lowest BCUT2D eigenvalue weighted by Crippen LogP contribution is -2.07. The first-order valence-corrected chi connectivity index (χ1v) is 5.61. The summed E-state index contributed by atoms with van der Waals surface area (Å²) in [6, 6.07) is 6.85. The minimum Gasteiger partial charge on any atom is -0.415 e. The summed E-state index contributed by atoms with van der Waals surface area (Å²) in [5.74, 6) is -0.660. The van der Waals surface area contributed by atoms with Crippen molar-refractivity contribution in [2.45, 2.75) is 13.0 Å². The monoisotopic (exact) mass is 279 g/mol. The Kier molecular flexibility index (Phi) is 4.14. The molecule has 0 atom stereocenters. The van der Waals surface area contributed by atoms with Crippen LogP contribution in [-0.4, -0.2) is 15.2 Å². The van der Waals surface area contributed by atoms with Gasteiger partial charge in [0, 0.05) is 11.8 Å². The lowest BCUT2D eigenvalue weighted by Gasteiger charge is -2.10. The van der Waals surface area contributed by atoms with Crippen LogP contribution in [0, 0.1) is 5.53 Å². The van der Waals surface area contributed by atoms with E-state index in [1.807, 2.05) is 0 Å². The van der Waals surface area contributed by atoms with Gasteiger partial charge in [-0.25, -0.2) is 0 Å². The van der Waals surface area contributed by atoms with E-state index in [1.165, 1.54) is 11.2 Å². The summed E-state index contributed by atoms with van der Waals surface area (Å²) in [4.78, 5) is 0. The van der Waals surface area contributed by atoms with Crippen molar-refractivity contribution in [1.82, 2.24) is 15.2 Å². The van der Waals surface area contributed by atoms with Gasteiger partial charge in [0.2, 0.25) is 5.89 Å². The van der Waals surface area contributed by atoms with Crippen LogP contribution < -0.4 is 0 Å². The molecule has 0 aliphatic heterocycles. The standard InChI is InChI=1S/C12H11F2N5O/c1-2-19(18-15)7-8-3-5-9(6-4-8)11-16-17-12(20-11)10(13)14/h2-6,10,15H,1,7H2. The Morgan fingerprint density at radius 1 is 1.35 bits per heavy atom. The molecule has 0 amide bonds. The van der Waals surface area contributed by atoms with E-state index in [2.05, 4.69) is 22.0 Å². The summed E-state index contributed by atoms with van der Waals surface area (Å²) in [5, 5.41) is 11.4. The van der Waals surface area contributed by atoms with Crippen molar-refractivity contribution in [2.75, 3.05) is 0 Å². The Labute approximate surface area is 113 Å².